The van der Waals surface area contributed by atoms with Gasteiger partial charge in [-0.25, -0.2) is 9.97 Å². The van der Waals surface area contributed by atoms with Gasteiger partial charge in [-0.15, -0.1) is 21.5 Å². The Bertz CT molecular complexity index is 1120. The minimum absolute atomic E-state index is 0.175. The average Bonchev–Trinajstić information content (AvgIpc) is 3.31. The maximum atomic E-state index is 5.96. The van der Waals surface area contributed by atoms with Gasteiger partial charge in [0.2, 0.25) is 11.8 Å². The van der Waals surface area contributed by atoms with Gasteiger partial charge in [-0.1, -0.05) is 12.1 Å². The molecule has 3 aromatic heterocycles. The molecule has 0 fully saturated rings. The highest BCUT2D eigenvalue weighted by Crippen LogP contribution is 2.39. The van der Waals surface area contributed by atoms with E-state index in [1.807, 2.05) is 24.3 Å². The molecule has 1 aliphatic rings. The molecule has 0 N–H and O–H groups in total. The number of thiophene rings is 1. The molecule has 1 aromatic carbocycles. The smallest absolute Gasteiger partial charge is 0.254 e. The molecule has 5 rings (SSSR count). The van der Waals surface area contributed by atoms with Gasteiger partial charge in [0, 0.05) is 9.35 Å². The molecule has 0 aliphatic heterocycles. The number of nitrogens with zero attached hydrogens (tertiary/aromatic N) is 4. The Morgan fingerprint density at radius 3 is 2.93 bits per heavy atom. The summed E-state index contributed by atoms with van der Waals surface area (Å²) in [5.74, 6) is 1.47. The molecule has 0 saturated heterocycles. The maximum absolute atomic E-state index is 5.96. The second-order valence-corrected chi connectivity index (χ2v) is 8.28. The summed E-state index contributed by atoms with van der Waals surface area (Å²) in [6.45, 7) is 0.175. The van der Waals surface area contributed by atoms with Crippen LogP contribution in [0.4, 0.5) is 0 Å². The fraction of sp³-hybridized carbons (Fsp3) is 0.263. The molecule has 0 spiro atoms. The molecule has 0 amide bonds. The predicted octanol–water partition coefficient (Wildman–Crippen LogP) is 4.96. The third-order valence-electron chi connectivity index (χ3n) is 4.62. The number of benzene rings is 1. The summed E-state index contributed by atoms with van der Waals surface area (Å²) in [5.41, 5.74) is 2.20. The van der Waals surface area contributed by atoms with Crippen LogP contribution in [-0.2, 0) is 19.4 Å². The predicted molar refractivity (Wildman–Crippen MR) is 106 cm³/mol. The van der Waals surface area contributed by atoms with Crippen LogP contribution in [0.15, 0.2) is 39.5 Å². The van der Waals surface area contributed by atoms with Gasteiger partial charge in [-0.3, -0.25) is 0 Å². The Balaban J connectivity index is 1.41. The van der Waals surface area contributed by atoms with Crippen molar-refractivity contribution >= 4 is 37.5 Å². The highest BCUT2D eigenvalue weighted by Gasteiger charge is 2.21. The highest BCUT2D eigenvalue weighted by atomic mass is 79.9. The lowest BCUT2D eigenvalue weighted by atomic mass is 9.97. The number of aromatic nitrogens is 4. The van der Waals surface area contributed by atoms with Crippen molar-refractivity contribution in [2.45, 2.75) is 32.3 Å². The summed E-state index contributed by atoms with van der Waals surface area (Å²) in [7, 11) is 0. The topological polar surface area (TPSA) is 73.9 Å². The molecule has 0 bridgehead atoms. The van der Waals surface area contributed by atoms with Gasteiger partial charge in [0.1, 0.15) is 11.2 Å². The molecule has 27 heavy (non-hydrogen) atoms. The average molecular weight is 443 g/mol. The monoisotopic (exact) mass is 442 g/mol. The lowest BCUT2D eigenvalue weighted by Gasteiger charge is -2.11. The number of hydrogen-bond acceptors (Lipinski definition) is 7. The molecular weight excluding hydrogens is 428 g/mol. The summed E-state index contributed by atoms with van der Waals surface area (Å²) in [4.78, 5) is 11.2. The van der Waals surface area contributed by atoms with Gasteiger partial charge < -0.3 is 9.15 Å². The number of halogens is 1. The summed E-state index contributed by atoms with van der Waals surface area (Å²) in [6, 6.07) is 7.73. The van der Waals surface area contributed by atoms with Crippen LogP contribution in [-0.4, -0.2) is 20.2 Å². The molecular formula is C19H15BrN4O2S. The van der Waals surface area contributed by atoms with E-state index in [0.717, 1.165) is 33.1 Å². The molecule has 4 aromatic rings. The molecule has 8 heteroatoms. The fourth-order valence-corrected chi connectivity index (χ4v) is 5.03. The standard InChI is InChI=1S/C19H15BrN4O2S/c20-13-7-3-1-5-11(13)17-24-23-15(26-17)9-25-18-16-12-6-2-4-8-14(12)27-19(16)22-10-21-18/h1,3,5,7,10H,2,4,6,8-9H2. The second-order valence-electron chi connectivity index (χ2n) is 6.34. The molecule has 0 radical (unpaired) electrons. The van der Waals surface area contributed by atoms with Gasteiger partial charge in [0.25, 0.3) is 5.89 Å². The van der Waals surface area contributed by atoms with E-state index >= 15 is 0 Å². The Hall–Kier alpha value is -2.32. The fourth-order valence-electron chi connectivity index (χ4n) is 3.36. The largest absolute Gasteiger partial charge is 0.467 e. The van der Waals surface area contributed by atoms with Crippen molar-refractivity contribution in [3.05, 3.63) is 51.4 Å². The molecule has 0 unspecified atom stereocenters. The van der Waals surface area contributed by atoms with E-state index in [9.17, 15) is 0 Å². The van der Waals surface area contributed by atoms with Gasteiger partial charge in [0.05, 0.1) is 10.9 Å². The second kappa shape index (κ2) is 7.01. The summed E-state index contributed by atoms with van der Waals surface area (Å²) < 4.78 is 12.6. The first kappa shape index (κ1) is 16.8. The molecule has 0 atom stereocenters. The lowest BCUT2D eigenvalue weighted by Crippen LogP contribution is -2.02. The van der Waals surface area contributed by atoms with Crippen molar-refractivity contribution in [2.75, 3.05) is 0 Å². The van der Waals surface area contributed by atoms with E-state index in [0.29, 0.717) is 17.7 Å². The van der Waals surface area contributed by atoms with E-state index in [1.165, 1.54) is 23.3 Å². The van der Waals surface area contributed by atoms with Gasteiger partial charge >= 0.3 is 0 Å². The van der Waals surface area contributed by atoms with Crippen LogP contribution in [0.1, 0.15) is 29.2 Å². The first-order valence-electron chi connectivity index (χ1n) is 8.75. The molecule has 0 saturated carbocycles. The zero-order chi connectivity index (χ0) is 18.2. The van der Waals surface area contributed by atoms with Crippen LogP contribution >= 0.6 is 27.3 Å². The van der Waals surface area contributed by atoms with Crippen LogP contribution in [0.25, 0.3) is 21.7 Å². The van der Waals surface area contributed by atoms with Crippen LogP contribution in [0.3, 0.4) is 0 Å². The van der Waals surface area contributed by atoms with Crippen molar-refractivity contribution in [2.24, 2.45) is 0 Å². The first-order valence-corrected chi connectivity index (χ1v) is 10.4. The minimum atomic E-state index is 0.175. The third kappa shape index (κ3) is 3.12. The zero-order valence-electron chi connectivity index (χ0n) is 14.3. The Labute approximate surface area is 167 Å². The van der Waals surface area contributed by atoms with E-state index in [-0.39, 0.29) is 6.61 Å². The van der Waals surface area contributed by atoms with Gasteiger partial charge in [-0.05, 0) is 59.3 Å². The molecule has 1 aliphatic carbocycles. The highest BCUT2D eigenvalue weighted by molar-refractivity contribution is 9.10. The summed E-state index contributed by atoms with van der Waals surface area (Å²) >= 11 is 5.25. The van der Waals surface area contributed by atoms with Crippen LogP contribution in [0.5, 0.6) is 5.88 Å². The quantitative estimate of drug-likeness (QED) is 0.444. The van der Waals surface area contributed by atoms with Gasteiger partial charge in [0.15, 0.2) is 6.61 Å². The van der Waals surface area contributed by atoms with E-state index in [2.05, 4.69) is 36.1 Å². The first-order chi connectivity index (χ1) is 13.3. The van der Waals surface area contributed by atoms with Crippen molar-refractivity contribution in [3.63, 3.8) is 0 Å². The molecule has 136 valence electrons. The van der Waals surface area contributed by atoms with E-state index in [4.69, 9.17) is 9.15 Å². The number of aryl methyl sites for hydroxylation is 2. The van der Waals surface area contributed by atoms with Crippen molar-refractivity contribution in [3.8, 4) is 17.3 Å². The SMILES string of the molecule is Brc1ccccc1-c1nnc(COc2ncnc3sc4c(c23)CCCC4)o1. The van der Waals surface area contributed by atoms with E-state index in [1.54, 1.807) is 17.7 Å². The number of rotatable bonds is 4. The van der Waals surface area contributed by atoms with Crippen LogP contribution in [0.2, 0.25) is 0 Å². The zero-order valence-corrected chi connectivity index (χ0v) is 16.7. The lowest BCUT2D eigenvalue weighted by molar-refractivity contribution is 0.258. The number of ether oxygens (including phenoxy) is 1. The van der Waals surface area contributed by atoms with Crippen molar-refractivity contribution in [1.82, 2.24) is 20.2 Å². The summed E-state index contributed by atoms with van der Waals surface area (Å²) in [6.07, 6.45) is 6.18. The van der Waals surface area contributed by atoms with Gasteiger partial charge in [-0.2, -0.15) is 0 Å². The third-order valence-corrected chi connectivity index (χ3v) is 6.51. The van der Waals surface area contributed by atoms with Crippen molar-refractivity contribution in [1.29, 1.82) is 0 Å². The molecule has 3 heterocycles. The maximum Gasteiger partial charge on any atom is 0.254 e. The van der Waals surface area contributed by atoms with Crippen LogP contribution < -0.4 is 4.74 Å². The number of hydrogen-bond donors (Lipinski definition) is 0. The normalized spacial score (nSPS) is 13.7. The van der Waals surface area contributed by atoms with E-state index < -0.39 is 0 Å². The van der Waals surface area contributed by atoms with Crippen molar-refractivity contribution < 1.29 is 9.15 Å². The Kier molecular flexibility index (Phi) is 4.37. The molecule has 6 nitrogen and oxygen atoms in total. The summed E-state index contributed by atoms with van der Waals surface area (Å²) in [5, 5.41) is 9.27. The minimum Gasteiger partial charge on any atom is -0.467 e. The Morgan fingerprint density at radius 1 is 1.11 bits per heavy atom. The number of fused-ring (bicyclic) bond motifs is 3. The van der Waals surface area contributed by atoms with Crippen LogP contribution in [0, 0.1) is 0 Å². The Morgan fingerprint density at radius 2 is 2.00 bits per heavy atom.